The number of halogens is 1. The van der Waals surface area contributed by atoms with Crippen molar-refractivity contribution in [2.45, 2.75) is 39.0 Å². The van der Waals surface area contributed by atoms with Crippen LogP contribution in [0, 0.1) is 0 Å². The van der Waals surface area contributed by atoms with E-state index in [1.807, 2.05) is 24.3 Å². The van der Waals surface area contributed by atoms with Gasteiger partial charge in [-0.25, -0.2) is 10.3 Å². The fourth-order valence-electron chi connectivity index (χ4n) is 1.58. The number of amides is 2. The summed E-state index contributed by atoms with van der Waals surface area (Å²) in [6, 6.07) is 7.01. The Balaban J connectivity index is 2.06. The van der Waals surface area contributed by atoms with Crippen LogP contribution in [0.15, 0.2) is 28.7 Å². The summed E-state index contributed by atoms with van der Waals surface area (Å²) in [5, 5.41) is 2.68. The van der Waals surface area contributed by atoms with Gasteiger partial charge in [-0.2, -0.15) is 0 Å². The Morgan fingerprint density at radius 3 is 2.53 bits per heavy atom. The molecule has 0 aliphatic rings. The molecular formula is C14H21BrN2O2. The molecule has 0 saturated heterocycles. The van der Waals surface area contributed by atoms with Gasteiger partial charge in [0.15, 0.2) is 0 Å². The third-order valence-electron chi connectivity index (χ3n) is 2.62. The maximum atomic E-state index is 11.5. The molecule has 2 amide bonds. The monoisotopic (exact) mass is 328 g/mol. The molecular weight excluding hydrogens is 308 g/mol. The van der Waals surface area contributed by atoms with E-state index in [1.165, 1.54) is 19.3 Å². The SMILES string of the molecule is CCCCCCCONC(=O)Nc1ccc(Br)cc1. The number of anilines is 1. The van der Waals surface area contributed by atoms with E-state index in [2.05, 4.69) is 33.7 Å². The van der Waals surface area contributed by atoms with Gasteiger partial charge in [0.25, 0.3) is 0 Å². The number of carbonyl (C=O) groups is 1. The smallest absolute Gasteiger partial charge is 0.306 e. The van der Waals surface area contributed by atoms with E-state index in [4.69, 9.17) is 4.84 Å². The molecule has 0 heterocycles. The summed E-state index contributed by atoms with van der Waals surface area (Å²) in [5.41, 5.74) is 3.10. The number of rotatable bonds is 8. The van der Waals surface area contributed by atoms with Crippen LogP contribution in [0.5, 0.6) is 0 Å². The number of hydroxylamine groups is 1. The van der Waals surface area contributed by atoms with Gasteiger partial charge in [-0.15, -0.1) is 0 Å². The Morgan fingerprint density at radius 2 is 1.84 bits per heavy atom. The van der Waals surface area contributed by atoms with Gasteiger partial charge < -0.3 is 5.32 Å². The Kier molecular flexibility index (Phi) is 8.25. The molecule has 5 heteroatoms. The van der Waals surface area contributed by atoms with Crippen LogP contribution in [-0.4, -0.2) is 12.6 Å². The molecule has 0 spiro atoms. The topological polar surface area (TPSA) is 50.4 Å². The predicted molar refractivity (Wildman–Crippen MR) is 81.0 cm³/mol. The van der Waals surface area contributed by atoms with Crippen molar-refractivity contribution in [3.63, 3.8) is 0 Å². The number of hydrogen-bond donors (Lipinski definition) is 2. The van der Waals surface area contributed by atoms with Crippen molar-refractivity contribution in [1.82, 2.24) is 5.48 Å². The zero-order valence-electron chi connectivity index (χ0n) is 11.2. The third kappa shape index (κ3) is 7.85. The minimum atomic E-state index is -0.351. The lowest BCUT2D eigenvalue weighted by Gasteiger charge is -2.07. The van der Waals surface area contributed by atoms with Crippen molar-refractivity contribution >= 4 is 27.6 Å². The van der Waals surface area contributed by atoms with Crippen LogP contribution in [-0.2, 0) is 4.84 Å². The van der Waals surface area contributed by atoms with Gasteiger partial charge in [-0.05, 0) is 30.7 Å². The minimum Gasteiger partial charge on any atom is -0.306 e. The van der Waals surface area contributed by atoms with Gasteiger partial charge in [-0.1, -0.05) is 48.5 Å². The number of hydrogen-bond acceptors (Lipinski definition) is 2. The van der Waals surface area contributed by atoms with Crippen molar-refractivity contribution in [3.05, 3.63) is 28.7 Å². The number of benzene rings is 1. The van der Waals surface area contributed by atoms with Crippen LogP contribution in [0.3, 0.4) is 0 Å². The largest absolute Gasteiger partial charge is 0.343 e. The fourth-order valence-corrected chi connectivity index (χ4v) is 1.85. The van der Waals surface area contributed by atoms with Crippen LogP contribution in [0.1, 0.15) is 39.0 Å². The summed E-state index contributed by atoms with van der Waals surface area (Å²) in [5.74, 6) is 0. The molecule has 0 unspecified atom stereocenters. The van der Waals surface area contributed by atoms with Crippen molar-refractivity contribution in [2.75, 3.05) is 11.9 Å². The molecule has 4 nitrogen and oxygen atoms in total. The summed E-state index contributed by atoms with van der Waals surface area (Å²) in [7, 11) is 0. The van der Waals surface area contributed by atoms with E-state index in [0.29, 0.717) is 6.61 Å². The first-order valence-corrected chi connectivity index (χ1v) is 7.46. The van der Waals surface area contributed by atoms with E-state index in [0.717, 1.165) is 23.0 Å². The second-order valence-electron chi connectivity index (χ2n) is 4.33. The Hall–Kier alpha value is -1.07. The molecule has 1 rings (SSSR count). The number of unbranched alkanes of at least 4 members (excludes halogenated alkanes) is 4. The Labute approximate surface area is 123 Å². The second kappa shape index (κ2) is 9.81. The minimum absolute atomic E-state index is 0.351. The molecule has 2 N–H and O–H groups in total. The molecule has 19 heavy (non-hydrogen) atoms. The number of urea groups is 1. The van der Waals surface area contributed by atoms with Gasteiger partial charge in [0, 0.05) is 10.2 Å². The molecule has 106 valence electrons. The average molecular weight is 329 g/mol. The van der Waals surface area contributed by atoms with E-state index in [1.54, 1.807) is 0 Å². The highest BCUT2D eigenvalue weighted by Gasteiger charge is 2.00. The van der Waals surface area contributed by atoms with Crippen LogP contribution in [0.25, 0.3) is 0 Å². The van der Waals surface area contributed by atoms with Gasteiger partial charge in [0.2, 0.25) is 0 Å². The van der Waals surface area contributed by atoms with Gasteiger partial charge >= 0.3 is 6.03 Å². The van der Waals surface area contributed by atoms with Crippen LogP contribution in [0.2, 0.25) is 0 Å². The molecule has 0 radical (unpaired) electrons. The lowest BCUT2D eigenvalue weighted by atomic mass is 10.2. The molecule has 0 atom stereocenters. The maximum absolute atomic E-state index is 11.5. The molecule has 0 aliphatic heterocycles. The van der Waals surface area contributed by atoms with Crippen LogP contribution < -0.4 is 10.8 Å². The van der Waals surface area contributed by atoms with Crippen molar-refractivity contribution < 1.29 is 9.63 Å². The molecule has 0 aromatic heterocycles. The maximum Gasteiger partial charge on any atom is 0.343 e. The summed E-state index contributed by atoms with van der Waals surface area (Å²) < 4.78 is 0.974. The quantitative estimate of drug-likeness (QED) is 0.546. The van der Waals surface area contributed by atoms with E-state index in [-0.39, 0.29) is 6.03 Å². The first-order valence-electron chi connectivity index (χ1n) is 6.66. The third-order valence-corrected chi connectivity index (χ3v) is 3.15. The van der Waals surface area contributed by atoms with Crippen molar-refractivity contribution in [1.29, 1.82) is 0 Å². The molecule has 0 bridgehead atoms. The number of carbonyl (C=O) groups excluding carboxylic acids is 1. The average Bonchev–Trinajstić information content (AvgIpc) is 2.40. The first-order chi connectivity index (χ1) is 9.22. The normalized spacial score (nSPS) is 10.2. The summed E-state index contributed by atoms with van der Waals surface area (Å²) in [6.07, 6.45) is 5.83. The number of nitrogens with one attached hydrogen (secondary N) is 2. The molecule has 0 saturated carbocycles. The van der Waals surface area contributed by atoms with Crippen LogP contribution >= 0.6 is 15.9 Å². The lowest BCUT2D eigenvalue weighted by Crippen LogP contribution is -2.29. The zero-order valence-corrected chi connectivity index (χ0v) is 12.8. The predicted octanol–water partition coefficient (Wildman–Crippen LogP) is 4.47. The van der Waals surface area contributed by atoms with Crippen molar-refractivity contribution in [2.24, 2.45) is 0 Å². The highest BCUT2D eigenvalue weighted by Crippen LogP contribution is 2.13. The zero-order chi connectivity index (χ0) is 13.9. The van der Waals surface area contributed by atoms with Gasteiger partial charge in [0.05, 0.1) is 6.61 Å². The summed E-state index contributed by atoms with van der Waals surface area (Å²) in [4.78, 5) is 16.6. The second-order valence-corrected chi connectivity index (χ2v) is 5.24. The van der Waals surface area contributed by atoms with E-state index in [9.17, 15) is 4.79 Å². The molecule has 0 aliphatic carbocycles. The highest BCUT2D eigenvalue weighted by molar-refractivity contribution is 9.10. The standard InChI is InChI=1S/C14H21BrN2O2/c1-2-3-4-5-6-11-19-17-14(18)16-13-9-7-12(15)8-10-13/h7-10H,2-6,11H2,1H3,(H2,16,17,18). The fraction of sp³-hybridized carbons (Fsp3) is 0.500. The summed E-state index contributed by atoms with van der Waals surface area (Å²) >= 11 is 3.34. The van der Waals surface area contributed by atoms with Gasteiger partial charge in [-0.3, -0.25) is 4.84 Å². The van der Waals surface area contributed by atoms with Gasteiger partial charge in [0.1, 0.15) is 0 Å². The highest BCUT2D eigenvalue weighted by atomic mass is 79.9. The van der Waals surface area contributed by atoms with E-state index < -0.39 is 0 Å². The molecule has 0 fully saturated rings. The van der Waals surface area contributed by atoms with Crippen molar-refractivity contribution in [3.8, 4) is 0 Å². The lowest BCUT2D eigenvalue weighted by molar-refractivity contribution is 0.0631. The molecule has 1 aromatic carbocycles. The Bertz CT molecular complexity index is 368. The first kappa shape index (κ1) is 16.0. The summed E-state index contributed by atoms with van der Waals surface area (Å²) in [6.45, 7) is 2.74. The van der Waals surface area contributed by atoms with E-state index >= 15 is 0 Å². The molecule has 1 aromatic rings. The Morgan fingerprint density at radius 1 is 1.16 bits per heavy atom. The van der Waals surface area contributed by atoms with Crippen LogP contribution in [0.4, 0.5) is 10.5 Å².